The lowest BCUT2D eigenvalue weighted by Gasteiger charge is -2.41. The molecule has 2 aromatic rings. The number of benzene rings is 2. The Balaban J connectivity index is 1.54. The average Bonchev–Trinajstić information content (AvgIpc) is 3.04. The maximum atomic E-state index is 11.4. The molecule has 0 saturated carbocycles. The van der Waals surface area contributed by atoms with Gasteiger partial charge in [-0.1, -0.05) is 0 Å². The number of rotatable bonds is 9. The fourth-order valence-corrected chi connectivity index (χ4v) is 5.35. The zero-order valence-corrected chi connectivity index (χ0v) is 25.1. The minimum absolute atomic E-state index is 0.0477. The van der Waals surface area contributed by atoms with Gasteiger partial charge in [0.2, 0.25) is 12.6 Å². The summed E-state index contributed by atoms with van der Waals surface area (Å²) >= 11 is 0. The smallest absolute Gasteiger partial charge is 0.302 e. The van der Waals surface area contributed by atoms with Crippen LogP contribution in [-0.4, -0.2) is 138 Å². The Bertz CT molecular complexity index is 1460. The molecule has 3 aliphatic heterocycles. The molecule has 0 amide bonds. The van der Waals surface area contributed by atoms with Gasteiger partial charge in [-0.15, -0.1) is 0 Å². The van der Waals surface area contributed by atoms with E-state index in [1.54, 1.807) is 0 Å². The number of methoxy groups -OCH3 is 1. The average molecular weight is 670 g/mol. The van der Waals surface area contributed by atoms with Crippen molar-refractivity contribution in [2.24, 2.45) is 0 Å². The Hall–Kier alpha value is -3.91. The first-order valence-corrected chi connectivity index (χ1v) is 14.5. The minimum Gasteiger partial charge on any atom is -0.571 e. The van der Waals surface area contributed by atoms with E-state index >= 15 is 0 Å². The van der Waals surface area contributed by atoms with Crippen LogP contribution < -0.4 is 9.47 Å². The maximum Gasteiger partial charge on any atom is 0.302 e. The van der Waals surface area contributed by atoms with Gasteiger partial charge in [0.15, 0.2) is 17.3 Å². The van der Waals surface area contributed by atoms with E-state index < -0.39 is 86.7 Å². The van der Waals surface area contributed by atoms with E-state index in [9.17, 15) is 50.8 Å². The molecule has 47 heavy (non-hydrogen) atoms. The van der Waals surface area contributed by atoms with Gasteiger partial charge in [-0.05, 0) is 18.2 Å². The summed E-state index contributed by atoms with van der Waals surface area (Å²) in [5.74, 6) is -1.17. The number of ether oxygens (including phenoxy) is 7. The number of carbonyl (C=O) groups is 1. The number of hydrogen-bond acceptors (Lipinski definition) is 16. The molecule has 258 valence electrons. The highest BCUT2D eigenvalue weighted by molar-refractivity contribution is 5.70. The Morgan fingerprint density at radius 3 is 2.11 bits per heavy atom. The van der Waals surface area contributed by atoms with Gasteiger partial charge in [-0.3, -0.25) is 4.79 Å². The van der Waals surface area contributed by atoms with Gasteiger partial charge >= 0.3 is 5.97 Å². The second-order valence-corrected chi connectivity index (χ2v) is 11.1. The summed E-state index contributed by atoms with van der Waals surface area (Å²) in [6.45, 7) is -0.0452. The predicted octanol–water partition coefficient (Wildman–Crippen LogP) is -1.99. The second kappa shape index (κ2) is 14.1. The van der Waals surface area contributed by atoms with Crippen LogP contribution in [0.5, 0.6) is 28.7 Å². The Labute approximate surface area is 266 Å². The van der Waals surface area contributed by atoms with E-state index in [4.69, 9.17) is 28.4 Å². The van der Waals surface area contributed by atoms with E-state index in [-0.39, 0.29) is 40.1 Å². The normalized spacial score (nSPS) is 33.6. The summed E-state index contributed by atoms with van der Waals surface area (Å²) in [5, 5.41) is 93.0. The summed E-state index contributed by atoms with van der Waals surface area (Å²) in [4.78, 5) is 11.4. The molecule has 2 fully saturated rings. The van der Waals surface area contributed by atoms with E-state index in [1.807, 2.05) is 0 Å². The molecule has 17 nitrogen and oxygen atoms in total. The summed E-state index contributed by atoms with van der Waals surface area (Å²) in [7, 11) is 1.34. The van der Waals surface area contributed by atoms with Crippen LogP contribution >= 0.6 is 0 Å². The molecule has 11 atom stereocenters. The van der Waals surface area contributed by atoms with Gasteiger partial charge in [0.1, 0.15) is 72.5 Å². The topological polar surface area (TPSA) is 267 Å². The predicted molar refractivity (Wildman–Crippen MR) is 154 cm³/mol. The molecule has 5 rings (SSSR count). The Kier molecular flexibility index (Phi) is 10.3. The molecule has 10 N–H and O–H groups in total. The monoisotopic (exact) mass is 669 g/mol. The molecular formula is C30H37O17+. The number of carbonyl (C=O) groups excluding carboxylic acids is 1. The number of phenols is 2. The van der Waals surface area contributed by atoms with E-state index in [0.717, 1.165) is 13.0 Å². The van der Waals surface area contributed by atoms with Crippen molar-refractivity contribution in [1.29, 1.82) is 0 Å². The number of hydrogen-bond donors (Lipinski definition) is 9. The first-order chi connectivity index (χ1) is 22.3. The van der Waals surface area contributed by atoms with E-state index in [2.05, 4.69) is 4.74 Å². The molecule has 0 aromatic heterocycles. The first kappa shape index (κ1) is 34.4. The molecule has 1 unspecified atom stereocenters. The van der Waals surface area contributed by atoms with Crippen molar-refractivity contribution >= 4 is 12.0 Å². The summed E-state index contributed by atoms with van der Waals surface area (Å²) < 4.78 is 37.9. The van der Waals surface area contributed by atoms with Crippen molar-refractivity contribution in [2.45, 2.75) is 74.4 Å². The van der Waals surface area contributed by atoms with Crippen molar-refractivity contribution in [3.63, 3.8) is 0 Å². The molecule has 0 radical (unpaired) electrons. The molecule has 17 heteroatoms. The summed E-state index contributed by atoms with van der Waals surface area (Å²) in [5.41, 5.74) is 0.526. The van der Waals surface area contributed by atoms with Crippen LogP contribution in [0.25, 0.3) is 6.08 Å². The van der Waals surface area contributed by atoms with Crippen LogP contribution in [0.1, 0.15) is 24.2 Å². The van der Waals surface area contributed by atoms with Crippen molar-refractivity contribution in [1.82, 2.24) is 0 Å². The highest BCUT2D eigenvalue weighted by Crippen LogP contribution is 2.47. The van der Waals surface area contributed by atoms with Gasteiger partial charge in [0.05, 0.1) is 25.3 Å². The number of fused-ring (bicyclic) bond motifs is 1. The first-order valence-electron chi connectivity index (χ1n) is 14.5. The molecule has 3 aliphatic rings. The van der Waals surface area contributed by atoms with Crippen LogP contribution in [0, 0.1) is 0 Å². The van der Waals surface area contributed by atoms with Crippen LogP contribution in [0.2, 0.25) is 0 Å². The molecule has 0 bridgehead atoms. The van der Waals surface area contributed by atoms with Crippen LogP contribution in [0.15, 0.2) is 36.1 Å². The van der Waals surface area contributed by atoms with Crippen LogP contribution in [0.3, 0.4) is 0 Å². The lowest BCUT2D eigenvalue weighted by molar-refractivity contribution is -0.296. The standard InChI is InChI=1S/C30H36O17/c1-11(32)42-10-21-23(36)25(38)27(40)30(47-21)45-19-8-14-16(43-28(19)12-3-4-15(34)18(5-12)41-2)6-13(33)7-17(14)44-29-26(39)24(37)22(35)20(9-31)46-29/h3-8,20-31,33-40H,9-10H2,1-2H3/p+1/t20-,21+,22-,23-,24-,25-,26-,27+,28?,29+,30+/m0/s1. The lowest BCUT2D eigenvalue weighted by atomic mass is 9.98. The number of aliphatic hydroxyl groups is 8. The molecule has 0 spiro atoms. The zero-order chi connectivity index (χ0) is 34.2. The van der Waals surface area contributed by atoms with Crippen LogP contribution in [-0.2, 0) is 23.7 Å². The third kappa shape index (κ3) is 7.03. The van der Waals surface area contributed by atoms with Crippen LogP contribution in [0.4, 0.5) is 0 Å². The van der Waals surface area contributed by atoms with Gasteiger partial charge < -0.3 is 79.1 Å². The van der Waals surface area contributed by atoms with Crippen molar-refractivity contribution in [3.05, 3.63) is 47.2 Å². The zero-order valence-electron chi connectivity index (χ0n) is 25.1. The lowest BCUT2D eigenvalue weighted by Crippen LogP contribution is -2.60. The maximum absolute atomic E-state index is 11.4. The largest absolute Gasteiger partial charge is 0.571 e. The van der Waals surface area contributed by atoms with Crippen molar-refractivity contribution in [2.75, 3.05) is 20.3 Å². The number of esters is 1. The van der Waals surface area contributed by atoms with E-state index in [0.29, 0.717) is 5.56 Å². The van der Waals surface area contributed by atoms with Gasteiger partial charge in [0.25, 0.3) is 11.9 Å². The van der Waals surface area contributed by atoms with E-state index in [1.165, 1.54) is 37.5 Å². The summed E-state index contributed by atoms with van der Waals surface area (Å²) in [6, 6.07) is 6.74. The molecule has 0 aliphatic carbocycles. The fraction of sp³-hybridized carbons (Fsp3) is 0.500. The number of aromatic hydroxyl groups is 3. The second-order valence-electron chi connectivity index (χ2n) is 11.1. The number of phenolic OH excluding ortho intramolecular Hbond substituents is 2. The minimum atomic E-state index is -1.81. The number of aliphatic hydroxyl groups excluding tert-OH is 7. The van der Waals surface area contributed by atoms with Gasteiger partial charge in [-0.2, -0.15) is 0 Å². The third-order valence-corrected chi connectivity index (χ3v) is 7.91. The molecule has 2 aromatic carbocycles. The Morgan fingerprint density at radius 1 is 0.830 bits per heavy atom. The van der Waals surface area contributed by atoms with Crippen molar-refractivity contribution < 1.29 is 83.9 Å². The van der Waals surface area contributed by atoms with Crippen molar-refractivity contribution in [3.8, 4) is 28.7 Å². The highest BCUT2D eigenvalue weighted by Gasteiger charge is 2.48. The fourth-order valence-electron chi connectivity index (χ4n) is 5.35. The summed E-state index contributed by atoms with van der Waals surface area (Å²) in [6.07, 6.45) is -15.9. The molecule has 3 heterocycles. The SMILES string of the molecule is COc1cc(C2[OH+]c3cc(O)cc(O[C@@H]4O[C@@H](CO)[C@H](O)[C@H](O)[C@@H]4O)c3C=C2O[C@@H]2O[C@H](COC(C)=O)[C@H](O)[C@H](O)[C@H]2O)ccc1O. The van der Waals surface area contributed by atoms with Gasteiger partial charge in [-0.25, -0.2) is 0 Å². The highest BCUT2D eigenvalue weighted by atomic mass is 16.7. The Morgan fingerprint density at radius 2 is 1.47 bits per heavy atom. The van der Waals surface area contributed by atoms with Gasteiger partial charge in [0, 0.05) is 19.1 Å². The third-order valence-electron chi connectivity index (χ3n) is 7.91. The quantitative estimate of drug-likeness (QED) is 0.103. The molecular weight excluding hydrogens is 632 g/mol. The molecule has 2 saturated heterocycles.